The molecule has 148 valence electrons. The lowest BCUT2D eigenvalue weighted by atomic mass is 10.2. The molecule has 0 fully saturated rings. The number of benzene rings is 1. The Morgan fingerprint density at radius 1 is 1.29 bits per heavy atom. The van der Waals surface area contributed by atoms with Crippen LogP contribution in [-0.2, 0) is 17.9 Å². The van der Waals surface area contributed by atoms with E-state index in [1.807, 2.05) is 32.0 Å². The van der Waals surface area contributed by atoms with Gasteiger partial charge in [-0.2, -0.15) is 9.97 Å². The molecule has 2 heterocycles. The van der Waals surface area contributed by atoms with Crippen molar-refractivity contribution in [2.45, 2.75) is 39.9 Å². The number of aryl methyl sites for hydroxylation is 1. The second-order valence-corrected chi connectivity index (χ2v) is 6.39. The molecule has 0 bridgehead atoms. The number of carbonyl (C=O) groups excluding carboxylic acids is 1. The molecule has 28 heavy (non-hydrogen) atoms. The van der Waals surface area contributed by atoms with E-state index in [1.165, 1.54) is 6.92 Å². The van der Waals surface area contributed by atoms with Gasteiger partial charge >= 0.3 is 5.97 Å². The van der Waals surface area contributed by atoms with Crippen LogP contribution in [0, 0.1) is 0 Å². The zero-order valence-electron chi connectivity index (χ0n) is 16.1. The third kappa shape index (κ3) is 4.52. The summed E-state index contributed by atoms with van der Waals surface area (Å²) in [5.74, 6) is 1.11. The molecule has 0 radical (unpaired) electrons. The fourth-order valence-corrected chi connectivity index (χ4v) is 2.61. The topological polar surface area (TPSA) is 133 Å². The number of hydrogen-bond acceptors (Lipinski definition) is 9. The minimum Gasteiger partial charge on any atom is -0.426 e. The highest BCUT2D eigenvalue weighted by atomic mass is 16.5. The molecule has 0 spiro atoms. The van der Waals surface area contributed by atoms with Crippen molar-refractivity contribution in [3.63, 3.8) is 0 Å². The first-order valence-electron chi connectivity index (χ1n) is 9.08. The summed E-state index contributed by atoms with van der Waals surface area (Å²) in [7, 11) is 0. The first-order chi connectivity index (χ1) is 13.5. The molecule has 10 heteroatoms. The van der Waals surface area contributed by atoms with Gasteiger partial charge in [0.25, 0.3) is 0 Å². The number of nitrogens with one attached hydrogen (secondary N) is 2. The molecule has 0 aliphatic carbocycles. The van der Waals surface area contributed by atoms with Gasteiger partial charge in [0.1, 0.15) is 5.75 Å². The predicted molar refractivity (Wildman–Crippen MR) is 106 cm³/mol. The zero-order valence-corrected chi connectivity index (χ0v) is 16.1. The number of ether oxygens (including phenoxy) is 1. The van der Waals surface area contributed by atoms with Crippen LogP contribution >= 0.6 is 0 Å². The Morgan fingerprint density at radius 3 is 2.79 bits per heavy atom. The van der Waals surface area contributed by atoms with E-state index in [0.29, 0.717) is 48.3 Å². The average molecular weight is 384 g/mol. The van der Waals surface area contributed by atoms with E-state index in [1.54, 1.807) is 10.7 Å². The van der Waals surface area contributed by atoms with Crippen LogP contribution in [0.3, 0.4) is 0 Å². The Kier molecular flexibility index (Phi) is 5.99. The molecule has 3 aromatic rings. The number of nitrogens with zero attached hydrogens (tertiary/aromatic N) is 5. The molecule has 0 amide bonds. The quantitative estimate of drug-likeness (QED) is 0.390. The van der Waals surface area contributed by atoms with Gasteiger partial charge in [-0.05, 0) is 19.9 Å². The van der Waals surface area contributed by atoms with Gasteiger partial charge in [0.05, 0.1) is 0 Å². The van der Waals surface area contributed by atoms with Crippen molar-refractivity contribution in [3.8, 4) is 5.75 Å². The third-order valence-corrected chi connectivity index (χ3v) is 3.92. The van der Waals surface area contributed by atoms with Crippen LogP contribution in [-0.4, -0.2) is 43.5 Å². The normalized spacial score (nSPS) is 12.0. The number of rotatable bonds is 8. The molecule has 10 nitrogen and oxygen atoms in total. The molecule has 0 aliphatic heterocycles. The summed E-state index contributed by atoms with van der Waals surface area (Å²) in [6.07, 6.45) is 0. The van der Waals surface area contributed by atoms with E-state index in [9.17, 15) is 4.79 Å². The van der Waals surface area contributed by atoms with Gasteiger partial charge in [-0.15, -0.1) is 5.10 Å². The van der Waals surface area contributed by atoms with Gasteiger partial charge < -0.3 is 21.1 Å². The predicted octanol–water partition coefficient (Wildman–Crippen LogP) is 1.54. The van der Waals surface area contributed by atoms with Gasteiger partial charge in [0.2, 0.25) is 5.95 Å². The highest BCUT2D eigenvalue weighted by Gasteiger charge is 2.15. The maximum Gasteiger partial charge on any atom is 0.308 e. The van der Waals surface area contributed by atoms with Crippen LogP contribution < -0.4 is 21.1 Å². The number of aromatic nitrogens is 5. The number of nitrogens with two attached hydrogens (primary N) is 1. The summed E-state index contributed by atoms with van der Waals surface area (Å²) in [4.78, 5) is 20.3. The SMILES string of the molecule is CCn1nnc2c(NCc3ccccc3OC(C)=O)nc(NCC(C)N)nc21. The third-order valence-electron chi connectivity index (χ3n) is 3.92. The van der Waals surface area contributed by atoms with E-state index in [-0.39, 0.29) is 12.0 Å². The van der Waals surface area contributed by atoms with Crippen LogP contribution in [0.15, 0.2) is 24.3 Å². The number of anilines is 2. The molecule has 1 atom stereocenters. The van der Waals surface area contributed by atoms with Crippen molar-refractivity contribution < 1.29 is 9.53 Å². The van der Waals surface area contributed by atoms with Gasteiger partial charge in [-0.25, -0.2) is 4.68 Å². The molecule has 2 aromatic heterocycles. The Balaban J connectivity index is 1.90. The lowest BCUT2D eigenvalue weighted by Gasteiger charge is -2.12. The van der Waals surface area contributed by atoms with Crippen molar-refractivity contribution in [2.24, 2.45) is 5.73 Å². The smallest absolute Gasteiger partial charge is 0.308 e. The molecule has 0 saturated carbocycles. The minimum atomic E-state index is -0.370. The summed E-state index contributed by atoms with van der Waals surface area (Å²) in [6.45, 7) is 6.80. The van der Waals surface area contributed by atoms with Crippen molar-refractivity contribution in [1.29, 1.82) is 0 Å². The van der Waals surface area contributed by atoms with Gasteiger partial charge in [0, 0.05) is 38.2 Å². The fourth-order valence-electron chi connectivity index (χ4n) is 2.61. The summed E-state index contributed by atoms with van der Waals surface area (Å²) in [6, 6.07) is 7.27. The number of para-hydroxylation sites is 1. The monoisotopic (exact) mass is 384 g/mol. The van der Waals surface area contributed by atoms with Crippen LogP contribution in [0.25, 0.3) is 11.2 Å². The molecular weight excluding hydrogens is 360 g/mol. The molecular formula is C18H24N8O2. The number of fused-ring (bicyclic) bond motifs is 1. The molecule has 3 rings (SSSR count). The Labute approximate surface area is 162 Å². The van der Waals surface area contributed by atoms with Gasteiger partial charge in [-0.3, -0.25) is 4.79 Å². The van der Waals surface area contributed by atoms with Crippen LogP contribution in [0.1, 0.15) is 26.3 Å². The lowest BCUT2D eigenvalue weighted by Crippen LogP contribution is -2.26. The second kappa shape index (κ2) is 8.61. The van der Waals surface area contributed by atoms with E-state index >= 15 is 0 Å². The average Bonchev–Trinajstić information content (AvgIpc) is 3.08. The minimum absolute atomic E-state index is 0.0412. The Bertz CT molecular complexity index is 969. The van der Waals surface area contributed by atoms with E-state index in [2.05, 4.69) is 30.9 Å². The van der Waals surface area contributed by atoms with E-state index < -0.39 is 0 Å². The summed E-state index contributed by atoms with van der Waals surface area (Å²) in [5.41, 5.74) is 7.82. The van der Waals surface area contributed by atoms with Crippen molar-refractivity contribution >= 4 is 28.9 Å². The summed E-state index contributed by atoms with van der Waals surface area (Å²) in [5, 5.41) is 14.7. The summed E-state index contributed by atoms with van der Waals surface area (Å²) >= 11 is 0. The summed E-state index contributed by atoms with van der Waals surface area (Å²) < 4.78 is 6.96. The molecule has 0 aliphatic rings. The van der Waals surface area contributed by atoms with Crippen molar-refractivity contribution in [1.82, 2.24) is 25.0 Å². The molecule has 1 aromatic carbocycles. The Hall–Kier alpha value is -3.27. The van der Waals surface area contributed by atoms with E-state index in [0.717, 1.165) is 5.56 Å². The number of esters is 1. The Morgan fingerprint density at radius 2 is 2.07 bits per heavy atom. The van der Waals surface area contributed by atoms with Crippen LogP contribution in [0.4, 0.5) is 11.8 Å². The van der Waals surface area contributed by atoms with Crippen LogP contribution in [0.5, 0.6) is 5.75 Å². The maximum absolute atomic E-state index is 11.3. The lowest BCUT2D eigenvalue weighted by molar-refractivity contribution is -0.131. The van der Waals surface area contributed by atoms with Gasteiger partial charge in [-0.1, -0.05) is 23.4 Å². The first kappa shape index (κ1) is 19.5. The fraction of sp³-hybridized carbons (Fsp3) is 0.389. The zero-order chi connectivity index (χ0) is 20.1. The first-order valence-corrected chi connectivity index (χ1v) is 9.08. The maximum atomic E-state index is 11.3. The number of hydrogen-bond donors (Lipinski definition) is 3. The number of carbonyl (C=O) groups is 1. The largest absolute Gasteiger partial charge is 0.426 e. The molecule has 1 unspecified atom stereocenters. The van der Waals surface area contributed by atoms with E-state index in [4.69, 9.17) is 10.5 Å². The van der Waals surface area contributed by atoms with Gasteiger partial charge in [0.15, 0.2) is 17.0 Å². The molecule has 4 N–H and O–H groups in total. The van der Waals surface area contributed by atoms with Crippen molar-refractivity contribution in [3.05, 3.63) is 29.8 Å². The second-order valence-electron chi connectivity index (χ2n) is 6.39. The molecule has 0 saturated heterocycles. The van der Waals surface area contributed by atoms with Crippen molar-refractivity contribution in [2.75, 3.05) is 17.2 Å². The highest BCUT2D eigenvalue weighted by Crippen LogP contribution is 2.23. The standard InChI is InChI=1S/C18H24N8O2/c1-4-26-17-15(24-25-26)16(22-18(23-17)21-9-11(2)19)20-10-13-7-5-6-8-14(13)28-12(3)27/h5-8,11H,4,9-10,19H2,1-3H3,(H2,20,21,22,23). The highest BCUT2D eigenvalue weighted by molar-refractivity contribution is 5.83. The van der Waals surface area contributed by atoms with Crippen LogP contribution in [0.2, 0.25) is 0 Å².